The summed E-state index contributed by atoms with van der Waals surface area (Å²) >= 11 is 0. The van der Waals surface area contributed by atoms with Crippen LogP contribution < -0.4 is 0 Å². The van der Waals surface area contributed by atoms with Crippen LogP contribution in [0.3, 0.4) is 0 Å². The molecule has 28 heteroatoms. The van der Waals surface area contributed by atoms with Crippen LogP contribution >= 0.6 is 0 Å². The molecular weight excluding hydrogens is 1560 g/mol. The summed E-state index contributed by atoms with van der Waals surface area (Å²) in [5.41, 5.74) is -1.34. The summed E-state index contributed by atoms with van der Waals surface area (Å²) in [5.74, 6) is -15.0. The molecule has 14 nitrogen and oxygen atoms in total. The molecule has 0 amide bonds. The smallest absolute Gasteiger partial charge is 0.385 e. The highest BCUT2D eigenvalue weighted by Gasteiger charge is 2.81. The van der Waals surface area contributed by atoms with E-state index in [1.165, 1.54) is 50.6 Å². The van der Waals surface area contributed by atoms with Gasteiger partial charge in [0, 0.05) is 69.6 Å². The predicted molar refractivity (Wildman–Crippen MR) is 407 cm³/mol. The van der Waals surface area contributed by atoms with Gasteiger partial charge in [-0.15, -0.1) is 7.54 Å². The van der Waals surface area contributed by atoms with Crippen LogP contribution in [0.25, 0.3) is 22.3 Å². The van der Waals surface area contributed by atoms with Crippen molar-refractivity contribution in [3.05, 3.63) is 202 Å². The molecular formula is C85H92F10N2O12S4. The van der Waals surface area contributed by atoms with Crippen LogP contribution in [0.4, 0.5) is 43.9 Å². The lowest BCUT2D eigenvalue weighted by atomic mass is 9.49. The van der Waals surface area contributed by atoms with E-state index in [1.807, 2.05) is 52.0 Å². The van der Waals surface area contributed by atoms with Gasteiger partial charge in [0.1, 0.15) is 11.2 Å². The number of ketones is 1. The first kappa shape index (κ1) is 82.6. The number of ether oxygens (including phenoxy) is 2. The standard InChI is InChI=1S/C45H52F5NO7S2.C40H40F5NO5S2/c1-28-6-14-33(15-7-28)60(55,56)51-59(5,54)32-16-12-30(13-17-32)29-8-10-31(11-9-29)35-24-40(4)36(20-23-43(40,53)44(46,47)45(48,49)50)34-18-21-41(52)25-42(22-19-37(41)38(34)35)57-26-39(2,3)27-58-42;1-24-4-14-31(15-5-24)53(50,51)46-52(3,49)30-16-10-26(11-17-30)25-6-8-27(9-7-25)34-23-37(2)35(20-21-38(37,48)39(41,42)40(43,44)45)33-18-12-28-22-29(47)13-19-32(28)36(33)34/h6-17,34-36,52-53H,18-27H2,1-5H3;4-11,14-17,22,33-35,48H,12-13,18-21,23H2,1-3H3/t34?,35-,36?,40+,41-,43+,59-;33?,34-,35?,37+,38+,52-/m11/s1. The predicted octanol–water partition coefficient (Wildman–Crippen LogP) is 19.1. The van der Waals surface area contributed by atoms with E-state index in [0.717, 1.165) is 44.6 Å². The van der Waals surface area contributed by atoms with Crippen molar-refractivity contribution in [1.82, 2.24) is 0 Å². The van der Waals surface area contributed by atoms with Crippen molar-refractivity contribution < 1.29 is 98.7 Å². The lowest BCUT2D eigenvalue weighted by Gasteiger charge is -2.59. The van der Waals surface area contributed by atoms with Gasteiger partial charge in [0.25, 0.3) is 20.0 Å². The lowest BCUT2D eigenvalue weighted by Crippen LogP contribution is -2.65. The SMILES string of the molecule is Cc1ccc(S(=O)(=O)N=[S@](C)(=O)c2ccc(-c3ccc([C@H]4C[C@@]5(C)C(CC[C@@]5(O)C(F)(F)C(F)(F)F)C5CCC6=CC(=O)CCC6=C54)cc3)cc2)cc1.Cc1ccc(S(=O)(=O)N=[S@](C)(=O)c2ccc(-c3ccc([C@H]4C[C@@]5(C)C(CC[C@@]5(O)C(F)(F)C(F)(F)F)C5CC[C@@]6(O)CC7(CCC6=C54)OCC(C)(C)CO7)cc3)cc2)cc1. The van der Waals surface area contributed by atoms with E-state index in [9.17, 15) is 71.7 Å². The molecule has 9 aliphatic rings. The van der Waals surface area contributed by atoms with E-state index >= 15 is 17.6 Å². The minimum absolute atomic E-state index is 0.0101. The highest BCUT2D eigenvalue weighted by atomic mass is 32.3. The minimum Gasteiger partial charge on any atom is -0.385 e. The van der Waals surface area contributed by atoms with E-state index in [4.69, 9.17) is 9.47 Å². The zero-order valence-electron chi connectivity index (χ0n) is 63.7. The lowest BCUT2D eigenvalue weighted by molar-refractivity contribution is -0.362. The highest BCUT2D eigenvalue weighted by Crippen LogP contribution is 2.73. The first-order valence-corrected chi connectivity index (χ1v) is 44.7. The van der Waals surface area contributed by atoms with E-state index in [2.05, 4.69) is 7.54 Å². The molecule has 1 heterocycles. The summed E-state index contributed by atoms with van der Waals surface area (Å²) < 4.78 is 245. The number of halogens is 10. The fourth-order valence-electron chi connectivity index (χ4n) is 20.6. The number of carbonyl (C=O) groups excluding carboxylic acids is 1. The van der Waals surface area contributed by atoms with Gasteiger partial charge >= 0.3 is 24.2 Å². The van der Waals surface area contributed by atoms with Crippen molar-refractivity contribution in [2.75, 3.05) is 25.7 Å². The van der Waals surface area contributed by atoms with Crippen LogP contribution in [-0.2, 0) is 53.8 Å². The second kappa shape index (κ2) is 28.2. The summed E-state index contributed by atoms with van der Waals surface area (Å²) in [4.78, 5) is 12.6. The van der Waals surface area contributed by atoms with Crippen LogP contribution in [0.15, 0.2) is 207 Å². The number of rotatable bonds is 12. The molecule has 5 saturated carbocycles. The topological polar surface area (TPSA) is 223 Å². The molecule has 0 radical (unpaired) electrons. The van der Waals surface area contributed by atoms with Gasteiger partial charge in [0.15, 0.2) is 11.6 Å². The van der Waals surface area contributed by atoms with Gasteiger partial charge in [-0.3, -0.25) is 4.79 Å². The van der Waals surface area contributed by atoms with Crippen molar-refractivity contribution in [2.45, 2.75) is 216 Å². The fourth-order valence-corrected chi connectivity index (χ4v) is 27.2. The third-order valence-corrected chi connectivity index (χ3v) is 34.5. The zero-order chi connectivity index (χ0) is 81.9. The molecule has 0 aromatic heterocycles. The maximum atomic E-state index is 15.6. The number of alkyl halides is 10. The highest BCUT2D eigenvalue weighted by molar-refractivity contribution is 8.03. The summed E-state index contributed by atoms with van der Waals surface area (Å²) in [5, 5.41) is 35.8. The summed E-state index contributed by atoms with van der Waals surface area (Å²) in [6.07, 6.45) is -5.99. The van der Waals surface area contributed by atoms with E-state index in [1.54, 1.807) is 103 Å². The van der Waals surface area contributed by atoms with E-state index < -0.39 is 140 Å². The van der Waals surface area contributed by atoms with Crippen molar-refractivity contribution in [1.29, 1.82) is 0 Å². The molecule has 0 bridgehead atoms. The molecule has 8 aliphatic carbocycles. The van der Waals surface area contributed by atoms with Gasteiger partial charge in [0.2, 0.25) is 0 Å². The molecule has 1 aliphatic heterocycles. The molecule has 113 heavy (non-hydrogen) atoms. The molecule has 3 N–H and O–H groups in total. The van der Waals surface area contributed by atoms with Crippen molar-refractivity contribution in [3.8, 4) is 22.3 Å². The first-order chi connectivity index (χ1) is 52.4. The van der Waals surface area contributed by atoms with Crippen LogP contribution in [0.2, 0.25) is 0 Å². The molecule has 6 fully saturated rings. The summed E-state index contributed by atoms with van der Waals surface area (Å²) in [6, 6.07) is 39.5. The Labute approximate surface area is 653 Å². The average molecular weight is 1650 g/mol. The maximum Gasteiger partial charge on any atom is 0.456 e. The van der Waals surface area contributed by atoms with Gasteiger partial charge in [-0.25, -0.2) is 8.42 Å². The molecule has 15 rings (SSSR count). The van der Waals surface area contributed by atoms with Gasteiger partial charge < -0.3 is 24.8 Å². The molecule has 1 spiro atoms. The Morgan fingerprint density at radius 3 is 1.24 bits per heavy atom. The Kier molecular flexibility index (Phi) is 20.6. The average Bonchev–Trinajstić information content (AvgIpc) is 1.59. The van der Waals surface area contributed by atoms with E-state index in [0.29, 0.717) is 86.0 Å². The Bertz CT molecular complexity index is 5370. The minimum atomic E-state index is -5.96. The quantitative estimate of drug-likeness (QED) is 0.0769. The van der Waals surface area contributed by atoms with Crippen LogP contribution in [-0.4, -0.2) is 119 Å². The molecule has 6 aromatic carbocycles. The number of hydrogen-bond acceptors (Lipinski definition) is 12. The number of carbonyl (C=O) groups is 1. The maximum absolute atomic E-state index is 15.6. The third-order valence-electron chi connectivity index (χ3n) is 26.6. The third kappa shape index (κ3) is 14.1. The number of benzene rings is 6. The first-order valence-electron chi connectivity index (χ1n) is 38.0. The second-order valence-corrected chi connectivity index (χ2v) is 42.5. The Balaban J connectivity index is 0.000000189. The summed E-state index contributed by atoms with van der Waals surface area (Å²) in [6.45, 7) is 11.4. The van der Waals surface area contributed by atoms with Crippen molar-refractivity contribution in [3.63, 3.8) is 0 Å². The fraction of sp³-hybridized carbons (Fsp3) is 0.494. The Morgan fingerprint density at radius 1 is 0.451 bits per heavy atom. The van der Waals surface area contributed by atoms with Crippen LogP contribution in [0.5, 0.6) is 0 Å². The Morgan fingerprint density at radius 2 is 0.832 bits per heavy atom. The number of aryl methyl sites for hydroxylation is 2. The second-order valence-electron chi connectivity index (χ2n) is 34.3. The normalized spacial score (nSPS) is 30.7. The van der Waals surface area contributed by atoms with Gasteiger partial charge in [0.05, 0.1) is 48.1 Å². The molecule has 6 aromatic rings. The number of nitrogens with zero attached hydrogens (tertiary/aromatic N) is 2. The van der Waals surface area contributed by atoms with Crippen molar-refractivity contribution >= 4 is 45.3 Å². The van der Waals surface area contributed by atoms with Gasteiger partial charge in [-0.1, -0.05) is 147 Å². The molecule has 4 unspecified atom stereocenters. The zero-order valence-corrected chi connectivity index (χ0v) is 67.0. The van der Waals surface area contributed by atoms with E-state index in [-0.39, 0.29) is 75.2 Å². The Hall–Kier alpha value is -6.89. The monoisotopic (exact) mass is 1650 g/mol. The van der Waals surface area contributed by atoms with Crippen LogP contribution in [0.1, 0.15) is 158 Å². The molecule has 13 atom stereocenters. The number of allylic oxidation sites excluding steroid dienone is 5. The number of sulfonamides is 2. The summed E-state index contributed by atoms with van der Waals surface area (Å²) in [7, 11) is -15.1. The molecule has 608 valence electrons. The largest absolute Gasteiger partial charge is 0.456 e. The van der Waals surface area contributed by atoms with Crippen LogP contribution in [0, 0.1) is 53.8 Å². The number of fused-ring (bicyclic) bond motifs is 8. The van der Waals surface area contributed by atoms with Gasteiger partial charge in [-0.2, -0.15) is 60.7 Å². The molecule has 1 saturated heterocycles. The number of aliphatic hydroxyl groups is 3. The van der Waals surface area contributed by atoms with Crippen molar-refractivity contribution in [2.24, 2.45) is 47.5 Å². The van der Waals surface area contributed by atoms with Gasteiger partial charge in [-0.05, 0) is 219 Å². The number of hydrogen-bond donors (Lipinski definition) is 3.